The van der Waals surface area contributed by atoms with E-state index in [1.807, 2.05) is 23.1 Å². The summed E-state index contributed by atoms with van der Waals surface area (Å²) >= 11 is 0. The number of anilines is 2. The molecular formula is C27H29N3O4. The van der Waals surface area contributed by atoms with Gasteiger partial charge in [0, 0.05) is 30.1 Å². The molecule has 34 heavy (non-hydrogen) atoms. The second kappa shape index (κ2) is 9.41. The summed E-state index contributed by atoms with van der Waals surface area (Å²) < 4.78 is 0. The van der Waals surface area contributed by atoms with E-state index in [2.05, 4.69) is 5.32 Å². The summed E-state index contributed by atoms with van der Waals surface area (Å²) in [6.07, 6.45) is 6.16. The van der Waals surface area contributed by atoms with Crippen LogP contribution in [-0.4, -0.2) is 40.6 Å². The molecule has 0 radical (unpaired) electrons. The van der Waals surface area contributed by atoms with Crippen LogP contribution >= 0.6 is 0 Å². The fraction of sp³-hybridized carbons (Fsp3) is 0.407. The van der Waals surface area contributed by atoms with Gasteiger partial charge in [0.1, 0.15) is 6.04 Å². The highest BCUT2D eigenvalue weighted by atomic mass is 16.2. The molecule has 2 aliphatic heterocycles. The van der Waals surface area contributed by atoms with Crippen LogP contribution in [0.15, 0.2) is 54.6 Å². The van der Waals surface area contributed by atoms with Crippen LogP contribution in [0.1, 0.15) is 61.7 Å². The van der Waals surface area contributed by atoms with Gasteiger partial charge >= 0.3 is 0 Å². The number of fused-ring (bicyclic) bond motifs is 1. The summed E-state index contributed by atoms with van der Waals surface area (Å²) in [6.45, 7) is 0. The molecule has 7 heteroatoms. The molecule has 4 amide bonds. The number of carbonyl (C=O) groups is 4. The molecule has 0 bridgehead atoms. The standard InChI is InChI=1S/C27H29N3O4/c31-24-11-6-12-25(32)29(24)21-15-13-20(14-16-21)28-26(33)23-17-19-9-4-5-10-22(19)30(23)27(34)18-7-2-1-3-8-18/h1-3,7-8,13-16,19,22-23H,4-6,9-12,17H2,(H,28,33). The molecule has 2 heterocycles. The molecule has 176 valence electrons. The molecule has 3 unspecified atom stereocenters. The van der Waals surface area contributed by atoms with Gasteiger partial charge in [-0.25, -0.2) is 0 Å². The number of benzene rings is 2. The van der Waals surface area contributed by atoms with Crippen molar-refractivity contribution in [2.45, 2.75) is 63.5 Å². The third-order valence-corrected chi connectivity index (χ3v) is 7.32. The second-order valence-electron chi connectivity index (χ2n) is 9.45. The van der Waals surface area contributed by atoms with Crippen molar-refractivity contribution in [1.82, 2.24) is 4.90 Å². The summed E-state index contributed by atoms with van der Waals surface area (Å²) in [5.74, 6) is -0.340. The maximum atomic E-state index is 13.4. The highest BCUT2D eigenvalue weighted by molar-refractivity contribution is 6.16. The lowest BCUT2D eigenvalue weighted by molar-refractivity contribution is -0.129. The zero-order valence-electron chi connectivity index (χ0n) is 19.1. The molecule has 3 atom stereocenters. The van der Waals surface area contributed by atoms with Crippen molar-refractivity contribution in [2.24, 2.45) is 5.92 Å². The Balaban J connectivity index is 1.34. The first kappa shape index (κ1) is 22.3. The van der Waals surface area contributed by atoms with Gasteiger partial charge in [-0.2, -0.15) is 0 Å². The molecule has 2 saturated heterocycles. The average Bonchev–Trinajstić information content (AvgIpc) is 3.25. The first-order valence-electron chi connectivity index (χ1n) is 12.2. The molecule has 3 fully saturated rings. The SMILES string of the molecule is O=C(Nc1ccc(N2C(=O)CCCC2=O)cc1)C1CC2CCCCC2N1C(=O)c1ccccc1. The maximum absolute atomic E-state index is 13.4. The maximum Gasteiger partial charge on any atom is 0.254 e. The Labute approximate surface area is 199 Å². The Hall–Kier alpha value is -3.48. The van der Waals surface area contributed by atoms with Crippen molar-refractivity contribution >= 4 is 35.0 Å². The van der Waals surface area contributed by atoms with Gasteiger partial charge in [0.2, 0.25) is 17.7 Å². The van der Waals surface area contributed by atoms with Gasteiger partial charge in [0.05, 0.1) is 5.69 Å². The van der Waals surface area contributed by atoms with Crippen molar-refractivity contribution in [1.29, 1.82) is 0 Å². The monoisotopic (exact) mass is 459 g/mol. The van der Waals surface area contributed by atoms with Crippen LogP contribution in [-0.2, 0) is 14.4 Å². The molecule has 2 aromatic carbocycles. The van der Waals surface area contributed by atoms with E-state index in [0.29, 0.717) is 48.5 Å². The average molecular weight is 460 g/mol. The van der Waals surface area contributed by atoms with Crippen LogP contribution in [0.25, 0.3) is 0 Å². The predicted molar refractivity (Wildman–Crippen MR) is 128 cm³/mol. The highest BCUT2D eigenvalue weighted by Crippen LogP contribution is 2.41. The highest BCUT2D eigenvalue weighted by Gasteiger charge is 2.47. The molecule has 7 nitrogen and oxygen atoms in total. The summed E-state index contributed by atoms with van der Waals surface area (Å²) in [6, 6.07) is 15.5. The Morgan fingerprint density at radius 2 is 1.50 bits per heavy atom. The van der Waals surface area contributed by atoms with Crippen molar-refractivity contribution in [2.75, 3.05) is 10.2 Å². The van der Waals surface area contributed by atoms with Crippen molar-refractivity contribution < 1.29 is 19.2 Å². The number of amides is 4. The number of hydrogen-bond acceptors (Lipinski definition) is 4. The molecule has 2 aromatic rings. The van der Waals surface area contributed by atoms with Gasteiger partial charge in [-0.05, 0) is 68.0 Å². The van der Waals surface area contributed by atoms with Crippen LogP contribution in [0, 0.1) is 5.92 Å². The number of likely N-dealkylation sites (tertiary alicyclic amines) is 1. The number of piperidine rings is 1. The summed E-state index contributed by atoms with van der Waals surface area (Å²) in [5.41, 5.74) is 1.69. The van der Waals surface area contributed by atoms with E-state index in [1.54, 1.807) is 36.4 Å². The zero-order chi connectivity index (χ0) is 23.7. The van der Waals surface area contributed by atoms with E-state index >= 15 is 0 Å². The van der Waals surface area contributed by atoms with E-state index in [0.717, 1.165) is 25.7 Å². The molecule has 1 aliphatic carbocycles. The smallest absolute Gasteiger partial charge is 0.254 e. The van der Waals surface area contributed by atoms with Crippen LogP contribution in [0.2, 0.25) is 0 Å². The molecule has 0 aromatic heterocycles. The minimum absolute atomic E-state index is 0.0902. The summed E-state index contributed by atoms with van der Waals surface area (Å²) in [5, 5.41) is 2.96. The van der Waals surface area contributed by atoms with Crippen LogP contribution in [0.5, 0.6) is 0 Å². The number of nitrogens with one attached hydrogen (secondary N) is 1. The topological polar surface area (TPSA) is 86.8 Å². The molecular weight excluding hydrogens is 430 g/mol. The third-order valence-electron chi connectivity index (χ3n) is 7.32. The van der Waals surface area contributed by atoms with Crippen LogP contribution in [0.4, 0.5) is 11.4 Å². The van der Waals surface area contributed by atoms with Gasteiger partial charge in [0.15, 0.2) is 0 Å². The number of rotatable bonds is 4. The Morgan fingerprint density at radius 3 is 2.21 bits per heavy atom. The molecule has 3 aliphatic rings. The summed E-state index contributed by atoms with van der Waals surface area (Å²) in [4.78, 5) is 54.2. The lowest BCUT2D eigenvalue weighted by Gasteiger charge is -2.33. The Morgan fingerprint density at radius 1 is 0.824 bits per heavy atom. The minimum atomic E-state index is -0.522. The second-order valence-corrected chi connectivity index (χ2v) is 9.45. The normalized spacial score (nSPS) is 24.6. The Bertz CT molecular complexity index is 1080. The van der Waals surface area contributed by atoms with Gasteiger partial charge < -0.3 is 10.2 Å². The van der Waals surface area contributed by atoms with E-state index in [1.165, 1.54) is 4.90 Å². The third kappa shape index (κ3) is 4.22. The first-order chi connectivity index (χ1) is 16.5. The van der Waals surface area contributed by atoms with Gasteiger partial charge in [-0.15, -0.1) is 0 Å². The predicted octanol–water partition coefficient (Wildman–Crippen LogP) is 4.14. The minimum Gasteiger partial charge on any atom is -0.324 e. The molecule has 1 N–H and O–H groups in total. The lowest BCUT2D eigenvalue weighted by atomic mass is 9.84. The van der Waals surface area contributed by atoms with Crippen molar-refractivity contribution in [3.63, 3.8) is 0 Å². The van der Waals surface area contributed by atoms with Crippen molar-refractivity contribution in [3.8, 4) is 0 Å². The fourth-order valence-corrected chi connectivity index (χ4v) is 5.68. The number of hydrogen-bond donors (Lipinski definition) is 1. The van der Waals surface area contributed by atoms with Gasteiger partial charge in [0.25, 0.3) is 5.91 Å². The fourth-order valence-electron chi connectivity index (χ4n) is 5.68. The zero-order valence-corrected chi connectivity index (χ0v) is 19.1. The van der Waals surface area contributed by atoms with Gasteiger partial charge in [-0.3, -0.25) is 24.1 Å². The number of imide groups is 1. The van der Waals surface area contributed by atoms with E-state index in [9.17, 15) is 19.2 Å². The molecule has 0 spiro atoms. The first-order valence-corrected chi connectivity index (χ1v) is 12.2. The largest absolute Gasteiger partial charge is 0.324 e. The van der Waals surface area contributed by atoms with Crippen molar-refractivity contribution in [3.05, 3.63) is 60.2 Å². The van der Waals surface area contributed by atoms with E-state index in [-0.39, 0.29) is 29.7 Å². The van der Waals surface area contributed by atoms with Crippen LogP contribution in [0.3, 0.4) is 0 Å². The number of nitrogens with zero attached hydrogens (tertiary/aromatic N) is 2. The summed E-state index contributed by atoms with van der Waals surface area (Å²) in [7, 11) is 0. The Kier molecular flexibility index (Phi) is 6.18. The van der Waals surface area contributed by atoms with E-state index < -0.39 is 6.04 Å². The number of carbonyl (C=O) groups excluding carboxylic acids is 4. The molecule has 5 rings (SSSR count). The molecule has 1 saturated carbocycles. The van der Waals surface area contributed by atoms with Gasteiger partial charge in [-0.1, -0.05) is 31.0 Å². The lowest BCUT2D eigenvalue weighted by Crippen LogP contribution is -2.47. The van der Waals surface area contributed by atoms with Crippen LogP contribution < -0.4 is 10.2 Å². The quantitative estimate of drug-likeness (QED) is 0.696. The van der Waals surface area contributed by atoms with E-state index in [4.69, 9.17) is 0 Å².